The lowest BCUT2D eigenvalue weighted by Crippen LogP contribution is -2.16. The molecule has 3 nitrogen and oxygen atoms in total. The van der Waals surface area contributed by atoms with E-state index in [1.807, 2.05) is 0 Å². The van der Waals surface area contributed by atoms with Gasteiger partial charge in [0, 0.05) is 6.42 Å². The Labute approximate surface area is 65.0 Å². The maximum absolute atomic E-state index is 11.0. The molecule has 2 unspecified atom stereocenters. The lowest BCUT2D eigenvalue weighted by atomic mass is 10.0. The maximum atomic E-state index is 11.0. The van der Waals surface area contributed by atoms with Gasteiger partial charge in [0.1, 0.15) is 12.0 Å². The van der Waals surface area contributed by atoms with E-state index < -0.39 is 11.9 Å². The molecule has 0 spiro atoms. The van der Waals surface area contributed by atoms with Crippen molar-refractivity contribution >= 4 is 11.8 Å². The highest BCUT2D eigenvalue weighted by Gasteiger charge is 2.35. The predicted octanol–water partition coefficient (Wildman–Crippen LogP) is 0.693. The average Bonchev–Trinajstić information content (AvgIpc) is 2.28. The number of carbonyl (C=O) groups is 2. The second-order valence-electron chi connectivity index (χ2n) is 2.64. The third-order valence-corrected chi connectivity index (χ3v) is 1.71. The van der Waals surface area contributed by atoms with Crippen molar-refractivity contribution in [2.24, 2.45) is 5.92 Å². The summed E-state index contributed by atoms with van der Waals surface area (Å²) < 4.78 is 4.79. The van der Waals surface area contributed by atoms with Crippen LogP contribution in [0.15, 0.2) is 12.7 Å². The van der Waals surface area contributed by atoms with Crippen LogP contribution in [0.4, 0.5) is 0 Å². The van der Waals surface area contributed by atoms with Crippen molar-refractivity contribution in [2.45, 2.75) is 19.4 Å². The molecule has 1 aliphatic heterocycles. The Bertz CT molecular complexity index is 207. The Morgan fingerprint density at radius 3 is 2.82 bits per heavy atom. The van der Waals surface area contributed by atoms with Gasteiger partial charge in [-0.2, -0.15) is 0 Å². The summed E-state index contributed by atoms with van der Waals surface area (Å²) in [5, 5.41) is 0. The van der Waals surface area contributed by atoms with Crippen LogP contribution in [0.25, 0.3) is 0 Å². The minimum atomic E-state index is -0.595. The Morgan fingerprint density at radius 1 is 1.82 bits per heavy atom. The van der Waals surface area contributed by atoms with Gasteiger partial charge in [0.2, 0.25) is 0 Å². The van der Waals surface area contributed by atoms with Gasteiger partial charge >= 0.3 is 5.97 Å². The summed E-state index contributed by atoms with van der Waals surface area (Å²) in [5.74, 6) is -1.25. The van der Waals surface area contributed by atoms with Crippen LogP contribution in [-0.4, -0.2) is 17.9 Å². The molecule has 1 saturated heterocycles. The molecule has 0 amide bonds. The van der Waals surface area contributed by atoms with Crippen molar-refractivity contribution in [1.29, 1.82) is 0 Å². The fourth-order valence-corrected chi connectivity index (χ4v) is 1.13. The van der Waals surface area contributed by atoms with Gasteiger partial charge in [0.05, 0.1) is 0 Å². The summed E-state index contributed by atoms with van der Waals surface area (Å²) in [6, 6.07) is 0. The van der Waals surface area contributed by atoms with Gasteiger partial charge in [-0.1, -0.05) is 6.58 Å². The van der Waals surface area contributed by atoms with Gasteiger partial charge in [0.15, 0.2) is 5.78 Å². The van der Waals surface area contributed by atoms with Crippen LogP contribution in [-0.2, 0) is 14.3 Å². The number of carbonyl (C=O) groups excluding carboxylic acids is 2. The average molecular weight is 154 g/mol. The first kappa shape index (κ1) is 7.98. The van der Waals surface area contributed by atoms with Crippen LogP contribution in [0.3, 0.4) is 0 Å². The van der Waals surface area contributed by atoms with E-state index in [4.69, 9.17) is 4.74 Å². The standard InChI is InChI=1S/C8H10O3/c1-3-7(9)6-4-5(2)11-8(6)10/h3,5-6H,1,4H2,2H3. The van der Waals surface area contributed by atoms with E-state index in [1.165, 1.54) is 6.08 Å². The molecule has 0 N–H and O–H groups in total. The number of rotatable bonds is 2. The molecule has 0 saturated carbocycles. The predicted molar refractivity (Wildman–Crippen MR) is 38.9 cm³/mol. The Kier molecular flexibility index (Phi) is 2.08. The zero-order chi connectivity index (χ0) is 8.43. The molecule has 60 valence electrons. The third kappa shape index (κ3) is 1.48. The molecular weight excluding hydrogens is 144 g/mol. The summed E-state index contributed by atoms with van der Waals surface area (Å²) in [6.45, 7) is 5.08. The molecular formula is C8H10O3. The van der Waals surface area contributed by atoms with E-state index in [2.05, 4.69) is 6.58 Å². The normalized spacial score (nSPS) is 29.7. The summed E-state index contributed by atoms with van der Waals surface area (Å²) in [5.41, 5.74) is 0. The molecule has 1 aliphatic rings. The maximum Gasteiger partial charge on any atom is 0.317 e. The Hall–Kier alpha value is -1.12. The van der Waals surface area contributed by atoms with Crippen LogP contribution >= 0.6 is 0 Å². The van der Waals surface area contributed by atoms with Crippen molar-refractivity contribution in [3.63, 3.8) is 0 Å². The highest BCUT2D eigenvalue weighted by molar-refractivity contribution is 6.05. The topological polar surface area (TPSA) is 43.4 Å². The quantitative estimate of drug-likeness (QED) is 0.334. The van der Waals surface area contributed by atoms with Crippen molar-refractivity contribution in [1.82, 2.24) is 0 Å². The van der Waals surface area contributed by atoms with Crippen LogP contribution < -0.4 is 0 Å². The van der Waals surface area contributed by atoms with E-state index >= 15 is 0 Å². The zero-order valence-corrected chi connectivity index (χ0v) is 6.37. The molecule has 3 heteroatoms. The molecule has 0 radical (unpaired) electrons. The highest BCUT2D eigenvalue weighted by Crippen LogP contribution is 2.21. The molecule has 1 heterocycles. The minimum Gasteiger partial charge on any atom is -0.462 e. The van der Waals surface area contributed by atoms with E-state index in [-0.39, 0.29) is 11.9 Å². The SMILES string of the molecule is C=CC(=O)C1CC(C)OC1=O. The number of hydrogen-bond acceptors (Lipinski definition) is 3. The third-order valence-electron chi connectivity index (χ3n) is 1.71. The fraction of sp³-hybridized carbons (Fsp3) is 0.500. The molecule has 0 aliphatic carbocycles. The molecule has 11 heavy (non-hydrogen) atoms. The number of allylic oxidation sites excluding steroid dienone is 1. The Morgan fingerprint density at radius 2 is 2.45 bits per heavy atom. The fourth-order valence-electron chi connectivity index (χ4n) is 1.13. The molecule has 1 fully saturated rings. The molecule has 2 atom stereocenters. The smallest absolute Gasteiger partial charge is 0.317 e. The first-order valence-electron chi connectivity index (χ1n) is 3.52. The first-order chi connectivity index (χ1) is 5.15. The van der Waals surface area contributed by atoms with Crippen molar-refractivity contribution in [3.8, 4) is 0 Å². The van der Waals surface area contributed by atoms with Gasteiger partial charge in [-0.05, 0) is 13.0 Å². The van der Waals surface area contributed by atoms with Gasteiger partial charge in [-0.25, -0.2) is 0 Å². The number of ketones is 1. The number of cyclic esters (lactones) is 1. The largest absolute Gasteiger partial charge is 0.462 e. The molecule has 0 aromatic rings. The van der Waals surface area contributed by atoms with E-state index in [0.29, 0.717) is 6.42 Å². The molecule has 0 bridgehead atoms. The summed E-state index contributed by atoms with van der Waals surface area (Å²) >= 11 is 0. The van der Waals surface area contributed by atoms with Crippen LogP contribution in [0.5, 0.6) is 0 Å². The summed E-state index contributed by atoms with van der Waals surface area (Å²) in [6.07, 6.45) is 1.53. The number of ether oxygens (including phenoxy) is 1. The van der Waals surface area contributed by atoms with Crippen molar-refractivity contribution in [3.05, 3.63) is 12.7 Å². The molecule has 0 aromatic heterocycles. The lowest BCUT2D eigenvalue weighted by Gasteiger charge is -1.96. The van der Waals surface area contributed by atoms with Crippen LogP contribution in [0.1, 0.15) is 13.3 Å². The van der Waals surface area contributed by atoms with Gasteiger partial charge in [-0.3, -0.25) is 9.59 Å². The van der Waals surface area contributed by atoms with Crippen LogP contribution in [0.2, 0.25) is 0 Å². The first-order valence-corrected chi connectivity index (χ1v) is 3.52. The van der Waals surface area contributed by atoms with Crippen molar-refractivity contribution in [2.75, 3.05) is 0 Å². The summed E-state index contributed by atoms with van der Waals surface area (Å²) in [7, 11) is 0. The number of hydrogen-bond donors (Lipinski definition) is 0. The van der Waals surface area contributed by atoms with Gasteiger partial charge < -0.3 is 4.74 Å². The van der Waals surface area contributed by atoms with Gasteiger partial charge in [0.25, 0.3) is 0 Å². The minimum absolute atomic E-state index is 0.128. The van der Waals surface area contributed by atoms with E-state index in [1.54, 1.807) is 6.92 Å². The lowest BCUT2D eigenvalue weighted by molar-refractivity contribution is -0.145. The van der Waals surface area contributed by atoms with Crippen LogP contribution in [0, 0.1) is 5.92 Å². The summed E-state index contributed by atoms with van der Waals surface area (Å²) in [4.78, 5) is 21.8. The molecule has 1 rings (SSSR count). The van der Waals surface area contributed by atoms with E-state index in [9.17, 15) is 9.59 Å². The zero-order valence-electron chi connectivity index (χ0n) is 6.37. The second-order valence-corrected chi connectivity index (χ2v) is 2.64. The number of esters is 1. The second kappa shape index (κ2) is 2.86. The molecule has 0 aromatic carbocycles. The van der Waals surface area contributed by atoms with Crippen molar-refractivity contribution < 1.29 is 14.3 Å². The van der Waals surface area contributed by atoms with Gasteiger partial charge in [-0.15, -0.1) is 0 Å². The van der Waals surface area contributed by atoms with E-state index in [0.717, 1.165) is 0 Å². The monoisotopic (exact) mass is 154 g/mol. The Balaban J connectivity index is 2.67. The highest BCUT2D eigenvalue weighted by atomic mass is 16.5.